The Kier molecular flexibility index (Phi) is 6.01. The fraction of sp³-hybridized carbons (Fsp3) is 0.200. The summed E-state index contributed by atoms with van der Waals surface area (Å²) in [6, 6.07) is 12.4. The lowest BCUT2D eigenvalue weighted by Crippen LogP contribution is -2.16. The van der Waals surface area contributed by atoms with Crippen molar-refractivity contribution < 1.29 is 14.3 Å². The number of nitrogens with one attached hydrogen (secondary N) is 2. The molecule has 8 heteroatoms. The first-order valence-electron chi connectivity index (χ1n) is 8.62. The highest BCUT2D eigenvalue weighted by atomic mass is 16.5. The monoisotopic (exact) mass is 379 g/mol. The first-order chi connectivity index (χ1) is 13.6. The summed E-state index contributed by atoms with van der Waals surface area (Å²) in [5.41, 5.74) is 1.70. The van der Waals surface area contributed by atoms with Gasteiger partial charge in [0.25, 0.3) is 5.91 Å². The van der Waals surface area contributed by atoms with Gasteiger partial charge in [-0.3, -0.25) is 9.78 Å². The van der Waals surface area contributed by atoms with Crippen LogP contribution in [-0.2, 0) is 6.54 Å². The Morgan fingerprint density at radius 2 is 1.86 bits per heavy atom. The number of carbonyl (C=O) groups is 1. The van der Waals surface area contributed by atoms with Crippen LogP contribution < -0.4 is 20.1 Å². The number of amides is 1. The third-order valence-electron chi connectivity index (χ3n) is 3.89. The van der Waals surface area contributed by atoms with Crippen molar-refractivity contribution in [1.82, 2.24) is 15.0 Å². The van der Waals surface area contributed by atoms with Crippen molar-refractivity contribution >= 4 is 17.4 Å². The number of aryl methyl sites for hydroxylation is 1. The maximum atomic E-state index is 12.6. The van der Waals surface area contributed by atoms with Crippen molar-refractivity contribution in [3.8, 4) is 11.5 Å². The molecule has 28 heavy (non-hydrogen) atoms. The van der Waals surface area contributed by atoms with E-state index in [0.717, 1.165) is 5.69 Å². The maximum absolute atomic E-state index is 12.6. The molecule has 2 aromatic heterocycles. The molecule has 1 amide bonds. The lowest BCUT2D eigenvalue weighted by Gasteiger charge is -2.11. The Morgan fingerprint density at radius 3 is 2.57 bits per heavy atom. The number of ether oxygens (including phenoxy) is 2. The van der Waals surface area contributed by atoms with Crippen molar-refractivity contribution in [3.63, 3.8) is 0 Å². The molecule has 0 aliphatic heterocycles. The quantitative estimate of drug-likeness (QED) is 0.651. The molecule has 0 fully saturated rings. The number of pyridine rings is 1. The van der Waals surface area contributed by atoms with E-state index in [1.165, 1.54) is 7.11 Å². The number of benzene rings is 1. The van der Waals surface area contributed by atoms with Crippen LogP contribution in [0.2, 0.25) is 0 Å². The second-order valence-electron chi connectivity index (χ2n) is 5.88. The molecule has 2 N–H and O–H groups in total. The first-order valence-corrected chi connectivity index (χ1v) is 8.62. The molecule has 2 heterocycles. The fourth-order valence-electron chi connectivity index (χ4n) is 2.57. The summed E-state index contributed by atoms with van der Waals surface area (Å²) in [5.74, 6) is 1.80. The van der Waals surface area contributed by atoms with Crippen LogP contribution in [0.1, 0.15) is 22.0 Å². The number of anilines is 2. The van der Waals surface area contributed by atoms with E-state index in [9.17, 15) is 4.79 Å². The second-order valence-corrected chi connectivity index (χ2v) is 5.88. The van der Waals surface area contributed by atoms with Crippen molar-refractivity contribution in [2.24, 2.45) is 0 Å². The molecule has 0 spiro atoms. The van der Waals surface area contributed by atoms with E-state index in [4.69, 9.17) is 9.47 Å². The first kappa shape index (κ1) is 19.1. The second kappa shape index (κ2) is 8.81. The predicted octanol–water partition coefficient (Wildman–Crippen LogP) is 3.06. The van der Waals surface area contributed by atoms with E-state index < -0.39 is 0 Å². The van der Waals surface area contributed by atoms with Gasteiger partial charge in [0.1, 0.15) is 17.3 Å². The molecule has 0 saturated carbocycles. The van der Waals surface area contributed by atoms with Crippen molar-refractivity contribution in [3.05, 3.63) is 65.9 Å². The minimum atomic E-state index is -0.349. The van der Waals surface area contributed by atoms with Crippen LogP contribution in [0.15, 0.2) is 48.7 Å². The molecule has 0 unspecified atom stereocenters. The highest BCUT2D eigenvalue weighted by molar-refractivity contribution is 6.03. The third kappa shape index (κ3) is 4.73. The summed E-state index contributed by atoms with van der Waals surface area (Å²) in [5, 5.41) is 5.97. The summed E-state index contributed by atoms with van der Waals surface area (Å²) < 4.78 is 10.5. The zero-order valence-electron chi connectivity index (χ0n) is 15.9. The largest absolute Gasteiger partial charge is 0.493 e. The van der Waals surface area contributed by atoms with Gasteiger partial charge in [-0.1, -0.05) is 6.07 Å². The number of carbonyl (C=O) groups excluding carboxylic acids is 1. The van der Waals surface area contributed by atoms with Crippen molar-refractivity contribution in [1.29, 1.82) is 0 Å². The SMILES string of the molecule is COc1ccc(NC(=O)c2cc(NCc3ccccn3)nc(C)n2)cc1OC. The molecule has 0 saturated heterocycles. The van der Waals surface area contributed by atoms with Crippen LogP contribution in [0.25, 0.3) is 0 Å². The predicted molar refractivity (Wildman–Crippen MR) is 106 cm³/mol. The van der Waals surface area contributed by atoms with Gasteiger partial charge < -0.3 is 20.1 Å². The van der Waals surface area contributed by atoms with Gasteiger partial charge in [-0.25, -0.2) is 9.97 Å². The Labute approximate surface area is 163 Å². The van der Waals surface area contributed by atoms with Crippen LogP contribution in [0.3, 0.4) is 0 Å². The molecule has 0 radical (unpaired) electrons. The van der Waals surface area contributed by atoms with E-state index in [1.807, 2.05) is 18.2 Å². The molecule has 3 aromatic rings. The molecule has 144 valence electrons. The normalized spacial score (nSPS) is 10.2. The molecule has 0 aliphatic carbocycles. The van der Waals surface area contributed by atoms with Gasteiger partial charge >= 0.3 is 0 Å². The number of methoxy groups -OCH3 is 2. The molecule has 0 bridgehead atoms. The minimum Gasteiger partial charge on any atom is -0.493 e. The smallest absolute Gasteiger partial charge is 0.274 e. The maximum Gasteiger partial charge on any atom is 0.274 e. The molecule has 3 rings (SSSR count). The van der Waals surface area contributed by atoms with Crippen LogP contribution in [0.5, 0.6) is 11.5 Å². The summed E-state index contributed by atoms with van der Waals surface area (Å²) in [7, 11) is 3.09. The van der Waals surface area contributed by atoms with E-state index >= 15 is 0 Å². The minimum absolute atomic E-state index is 0.255. The van der Waals surface area contributed by atoms with Gasteiger partial charge in [-0.05, 0) is 31.2 Å². The van der Waals surface area contributed by atoms with E-state index in [-0.39, 0.29) is 11.6 Å². The lowest BCUT2D eigenvalue weighted by molar-refractivity contribution is 0.102. The highest BCUT2D eigenvalue weighted by Gasteiger charge is 2.13. The molecule has 8 nitrogen and oxygen atoms in total. The zero-order valence-corrected chi connectivity index (χ0v) is 15.9. The van der Waals surface area contributed by atoms with Crippen LogP contribution in [0.4, 0.5) is 11.5 Å². The topological polar surface area (TPSA) is 98.3 Å². The summed E-state index contributed by atoms with van der Waals surface area (Å²) in [6.45, 7) is 2.23. The fourth-order valence-corrected chi connectivity index (χ4v) is 2.57. The highest BCUT2D eigenvalue weighted by Crippen LogP contribution is 2.29. The van der Waals surface area contributed by atoms with E-state index in [0.29, 0.717) is 35.4 Å². The number of nitrogens with zero attached hydrogens (tertiary/aromatic N) is 3. The average Bonchev–Trinajstić information content (AvgIpc) is 2.72. The molecular weight excluding hydrogens is 358 g/mol. The Hall–Kier alpha value is -3.68. The Morgan fingerprint density at radius 1 is 1.04 bits per heavy atom. The van der Waals surface area contributed by atoms with Crippen LogP contribution in [-0.4, -0.2) is 35.1 Å². The lowest BCUT2D eigenvalue weighted by atomic mass is 10.2. The zero-order chi connectivity index (χ0) is 19.9. The number of aromatic nitrogens is 3. The van der Waals surface area contributed by atoms with E-state index in [2.05, 4.69) is 25.6 Å². The van der Waals surface area contributed by atoms with E-state index in [1.54, 1.807) is 44.5 Å². The summed E-state index contributed by atoms with van der Waals surface area (Å²) in [6.07, 6.45) is 1.73. The summed E-state index contributed by atoms with van der Waals surface area (Å²) in [4.78, 5) is 25.4. The number of hydrogen-bond donors (Lipinski definition) is 2. The average molecular weight is 379 g/mol. The molecule has 0 aliphatic rings. The van der Waals surface area contributed by atoms with Gasteiger partial charge in [0, 0.05) is 24.0 Å². The van der Waals surface area contributed by atoms with Gasteiger partial charge in [0.15, 0.2) is 11.5 Å². The summed E-state index contributed by atoms with van der Waals surface area (Å²) >= 11 is 0. The van der Waals surface area contributed by atoms with Gasteiger partial charge in [-0.2, -0.15) is 0 Å². The Balaban J connectivity index is 1.74. The van der Waals surface area contributed by atoms with Crippen LogP contribution >= 0.6 is 0 Å². The molecule has 0 atom stereocenters. The van der Waals surface area contributed by atoms with Gasteiger partial charge in [-0.15, -0.1) is 0 Å². The molecular formula is C20H21N5O3. The standard InChI is InChI=1S/C20H21N5O3/c1-13-23-16(11-19(24-13)22-12-15-6-4-5-9-21-15)20(26)25-14-7-8-17(27-2)18(10-14)28-3/h4-11H,12H2,1-3H3,(H,25,26)(H,22,23,24). The number of rotatable bonds is 7. The van der Waals surface area contributed by atoms with Crippen LogP contribution in [0, 0.1) is 6.92 Å². The van der Waals surface area contributed by atoms with Crippen molar-refractivity contribution in [2.75, 3.05) is 24.9 Å². The molecule has 1 aromatic carbocycles. The van der Waals surface area contributed by atoms with Crippen molar-refractivity contribution in [2.45, 2.75) is 13.5 Å². The number of hydrogen-bond acceptors (Lipinski definition) is 7. The van der Waals surface area contributed by atoms with Gasteiger partial charge in [0.2, 0.25) is 0 Å². The Bertz CT molecular complexity index is 963. The third-order valence-corrected chi connectivity index (χ3v) is 3.89. The van der Waals surface area contributed by atoms with Gasteiger partial charge in [0.05, 0.1) is 26.5 Å².